The van der Waals surface area contributed by atoms with Gasteiger partial charge in [0.2, 0.25) is 0 Å². The van der Waals surface area contributed by atoms with E-state index in [9.17, 15) is 4.79 Å². The molecule has 0 aromatic heterocycles. The summed E-state index contributed by atoms with van der Waals surface area (Å²) in [6.07, 6.45) is -0.287. The number of benzene rings is 1. The monoisotopic (exact) mass is 304 g/mol. The van der Waals surface area contributed by atoms with Crippen LogP contribution in [0.1, 0.15) is 18.6 Å². The number of carbonyl (C=O) groups excluding carboxylic acids is 1. The molecular formula is C15H16N2O3S. The van der Waals surface area contributed by atoms with E-state index in [0.29, 0.717) is 5.75 Å². The van der Waals surface area contributed by atoms with Crippen LogP contribution >= 0.6 is 12.6 Å². The lowest BCUT2D eigenvalue weighted by molar-refractivity contribution is -0.138. The van der Waals surface area contributed by atoms with Gasteiger partial charge in [-0.25, -0.2) is 4.85 Å². The predicted octanol–water partition coefficient (Wildman–Crippen LogP) is 2.30. The maximum absolute atomic E-state index is 11.8. The van der Waals surface area contributed by atoms with E-state index in [4.69, 9.17) is 16.0 Å². The fourth-order valence-electron chi connectivity index (χ4n) is 2.08. The molecule has 5 nitrogen and oxygen atoms in total. The first-order valence-corrected chi connectivity index (χ1v) is 7.22. The van der Waals surface area contributed by atoms with Crippen LogP contribution in [0.2, 0.25) is 0 Å². The Morgan fingerprint density at radius 1 is 1.48 bits per heavy atom. The lowest BCUT2D eigenvalue weighted by atomic mass is 10.0. The molecule has 6 heteroatoms. The smallest absolute Gasteiger partial charge is 0.341 e. The third-order valence-corrected chi connectivity index (χ3v) is 3.44. The van der Waals surface area contributed by atoms with Crippen molar-refractivity contribution in [3.05, 3.63) is 58.9 Å². The van der Waals surface area contributed by atoms with Crippen molar-refractivity contribution in [3.63, 3.8) is 0 Å². The van der Waals surface area contributed by atoms with Crippen LogP contribution in [0.15, 0.2) is 41.9 Å². The molecule has 2 rings (SSSR count). The van der Waals surface area contributed by atoms with Crippen LogP contribution in [0.3, 0.4) is 0 Å². The molecule has 110 valence electrons. The highest BCUT2D eigenvalue weighted by Gasteiger charge is 2.35. The molecule has 21 heavy (non-hydrogen) atoms. The number of thiol groups is 1. The van der Waals surface area contributed by atoms with Crippen molar-refractivity contribution in [2.24, 2.45) is 0 Å². The van der Waals surface area contributed by atoms with Crippen LogP contribution in [0.4, 0.5) is 0 Å². The zero-order valence-electron chi connectivity index (χ0n) is 11.6. The third kappa shape index (κ3) is 3.31. The number of rotatable bonds is 4. The molecule has 1 fully saturated rings. The predicted molar refractivity (Wildman–Crippen MR) is 81.3 cm³/mol. The van der Waals surface area contributed by atoms with E-state index in [1.807, 2.05) is 30.3 Å². The fourth-order valence-corrected chi connectivity index (χ4v) is 2.37. The van der Waals surface area contributed by atoms with Gasteiger partial charge >= 0.3 is 11.7 Å². The van der Waals surface area contributed by atoms with Gasteiger partial charge in [-0.3, -0.25) is 4.79 Å². The highest BCUT2D eigenvalue weighted by Crippen LogP contribution is 2.32. The molecule has 1 saturated heterocycles. The van der Waals surface area contributed by atoms with E-state index in [1.54, 1.807) is 6.92 Å². The van der Waals surface area contributed by atoms with Gasteiger partial charge in [0.05, 0.1) is 19.2 Å². The third-order valence-electron chi connectivity index (χ3n) is 3.05. The van der Waals surface area contributed by atoms with Crippen molar-refractivity contribution in [2.75, 3.05) is 12.4 Å². The molecular weight excluding hydrogens is 288 g/mol. The second kappa shape index (κ2) is 7.04. The number of hydrogen-bond acceptors (Lipinski definition) is 5. The first kappa shape index (κ1) is 15.3. The Morgan fingerprint density at radius 3 is 2.76 bits per heavy atom. The second-order valence-corrected chi connectivity index (χ2v) is 4.76. The molecule has 1 N–H and O–H groups in total. The Labute approximate surface area is 129 Å². The van der Waals surface area contributed by atoms with Crippen molar-refractivity contribution < 1.29 is 14.3 Å². The van der Waals surface area contributed by atoms with Gasteiger partial charge in [-0.15, -0.1) is 0 Å². The summed E-state index contributed by atoms with van der Waals surface area (Å²) in [4.78, 5) is 15.0. The van der Waals surface area contributed by atoms with Gasteiger partial charge in [0.25, 0.3) is 0 Å². The maximum Gasteiger partial charge on any atom is 0.341 e. The molecule has 0 spiro atoms. The van der Waals surface area contributed by atoms with E-state index in [0.717, 1.165) is 5.56 Å². The zero-order valence-corrected chi connectivity index (χ0v) is 12.5. The summed E-state index contributed by atoms with van der Waals surface area (Å²) in [5.74, 6) is -0.00468. The largest absolute Gasteiger partial charge is 0.477 e. The lowest BCUT2D eigenvalue weighted by Crippen LogP contribution is -2.27. The topological polar surface area (TPSA) is 51.9 Å². The second-order valence-electron chi connectivity index (χ2n) is 4.39. The Morgan fingerprint density at radius 2 is 2.19 bits per heavy atom. The Hall–Kier alpha value is -2.13. The number of carbonyl (C=O) groups is 1. The Balaban J connectivity index is 2.29. The molecule has 0 radical (unpaired) electrons. The van der Waals surface area contributed by atoms with Gasteiger partial charge in [0.1, 0.15) is 6.10 Å². The number of nitrogens with zero attached hydrogens (tertiary/aromatic N) is 1. The normalized spacial score (nSPS) is 22.7. The minimum Gasteiger partial charge on any atom is -0.477 e. The molecule has 0 amide bonds. The number of ether oxygens (including phenoxy) is 2. The highest BCUT2D eigenvalue weighted by molar-refractivity contribution is 7.80. The first-order chi connectivity index (χ1) is 10.2. The van der Waals surface area contributed by atoms with Gasteiger partial charge in [0.15, 0.2) is 5.88 Å². The molecule has 0 aliphatic carbocycles. The van der Waals surface area contributed by atoms with Gasteiger partial charge < -0.3 is 14.8 Å². The molecule has 1 heterocycles. The number of esters is 1. The average Bonchev–Trinajstić information content (AvgIpc) is 2.93. The standard InChI is InChI=1S/C15H16N2O3S/c1-3-19-15(18)12(16-2)14-17-11(9-21)13(20-14)10-7-5-4-6-8-10/h4-8,11,13,17,21H,3,9H2,1H3/b14-12-. The van der Waals surface area contributed by atoms with Crippen molar-refractivity contribution in [3.8, 4) is 0 Å². The van der Waals surface area contributed by atoms with E-state index in [2.05, 4.69) is 22.8 Å². The van der Waals surface area contributed by atoms with Crippen LogP contribution in [0.25, 0.3) is 4.85 Å². The van der Waals surface area contributed by atoms with Gasteiger partial charge in [-0.05, 0) is 12.5 Å². The van der Waals surface area contributed by atoms with Crippen LogP contribution < -0.4 is 5.32 Å². The van der Waals surface area contributed by atoms with Crippen molar-refractivity contribution in [2.45, 2.75) is 19.1 Å². The van der Waals surface area contributed by atoms with Gasteiger partial charge in [0, 0.05) is 5.75 Å². The lowest BCUT2D eigenvalue weighted by Gasteiger charge is -2.15. The molecule has 2 atom stereocenters. The summed E-state index contributed by atoms with van der Waals surface area (Å²) in [7, 11) is 0. The minimum absolute atomic E-state index is 0.114. The maximum atomic E-state index is 11.8. The van der Waals surface area contributed by atoms with Crippen molar-refractivity contribution >= 4 is 18.6 Å². The summed E-state index contributed by atoms with van der Waals surface area (Å²) in [5.41, 5.74) is 0.800. The number of hydrogen-bond donors (Lipinski definition) is 2. The van der Waals surface area contributed by atoms with E-state index < -0.39 is 5.97 Å². The minimum atomic E-state index is -0.679. The Kier molecular flexibility index (Phi) is 5.12. The highest BCUT2D eigenvalue weighted by atomic mass is 32.1. The van der Waals surface area contributed by atoms with Crippen LogP contribution in [0.5, 0.6) is 0 Å². The summed E-state index contributed by atoms with van der Waals surface area (Å²) >= 11 is 4.30. The summed E-state index contributed by atoms with van der Waals surface area (Å²) in [6.45, 7) is 9.06. The molecule has 1 aliphatic rings. The first-order valence-electron chi connectivity index (χ1n) is 6.59. The van der Waals surface area contributed by atoms with Gasteiger partial charge in [-0.2, -0.15) is 12.6 Å². The molecule has 1 aromatic rings. The van der Waals surface area contributed by atoms with Crippen LogP contribution in [0, 0.1) is 6.57 Å². The van der Waals surface area contributed by atoms with Crippen molar-refractivity contribution in [1.82, 2.24) is 5.32 Å². The van der Waals surface area contributed by atoms with Gasteiger partial charge in [-0.1, -0.05) is 30.3 Å². The Bertz CT molecular complexity index is 580. The van der Waals surface area contributed by atoms with E-state index in [-0.39, 0.29) is 30.3 Å². The number of nitrogens with one attached hydrogen (secondary N) is 1. The van der Waals surface area contributed by atoms with Crippen molar-refractivity contribution in [1.29, 1.82) is 0 Å². The zero-order chi connectivity index (χ0) is 15.2. The SMILES string of the molecule is [C-]#[N+]/C(C(=O)OCC)=C1/NC(CS)C(c2ccccc2)O1. The summed E-state index contributed by atoms with van der Waals surface area (Å²) in [6, 6.07) is 9.51. The average molecular weight is 304 g/mol. The van der Waals surface area contributed by atoms with E-state index >= 15 is 0 Å². The molecule has 1 aromatic carbocycles. The molecule has 0 saturated carbocycles. The molecule has 0 bridgehead atoms. The van der Waals surface area contributed by atoms with Crippen LogP contribution in [-0.4, -0.2) is 24.4 Å². The fraction of sp³-hybridized carbons (Fsp3) is 0.333. The summed E-state index contributed by atoms with van der Waals surface area (Å²) in [5, 5.41) is 3.05. The molecule has 1 aliphatic heterocycles. The quantitative estimate of drug-likeness (QED) is 0.388. The molecule has 2 unspecified atom stereocenters. The van der Waals surface area contributed by atoms with E-state index in [1.165, 1.54) is 0 Å². The summed E-state index contributed by atoms with van der Waals surface area (Å²) < 4.78 is 10.6. The van der Waals surface area contributed by atoms with Crippen LogP contribution in [-0.2, 0) is 14.3 Å².